The molecule has 0 aliphatic carbocycles. The van der Waals surface area contributed by atoms with E-state index in [-0.39, 0.29) is 18.1 Å². The molecule has 2 fully saturated rings. The number of nitrogens with one attached hydrogen (secondary N) is 1. The van der Waals surface area contributed by atoms with Crippen LogP contribution in [0.25, 0.3) is 0 Å². The van der Waals surface area contributed by atoms with Crippen LogP contribution >= 0.6 is 11.3 Å². The van der Waals surface area contributed by atoms with Crippen molar-refractivity contribution < 1.29 is 55.7 Å². The second-order valence-electron chi connectivity index (χ2n) is 7.83. The monoisotopic (exact) mass is 572 g/mol. The predicted octanol–water partition coefficient (Wildman–Crippen LogP) is 3.57. The van der Waals surface area contributed by atoms with E-state index in [4.69, 9.17) is 24.5 Å². The van der Waals surface area contributed by atoms with Gasteiger partial charge in [-0.05, 0) is 31.4 Å². The van der Waals surface area contributed by atoms with Crippen LogP contribution in [0.5, 0.6) is 0 Å². The molecule has 4 heterocycles. The molecule has 2 aromatic rings. The molecular weight excluding hydrogens is 550 g/mol. The van der Waals surface area contributed by atoms with Crippen molar-refractivity contribution in [3.63, 3.8) is 0 Å². The Morgan fingerprint density at radius 1 is 1.05 bits per heavy atom. The number of aromatic nitrogens is 2. The quantitative estimate of drug-likeness (QED) is 0.469. The third kappa shape index (κ3) is 9.86. The van der Waals surface area contributed by atoms with Gasteiger partial charge in [0.05, 0.1) is 24.5 Å². The first-order valence-corrected chi connectivity index (χ1v) is 11.7. The zero-order valence-electron chi connectivity index (χ0n) is 19.3. The number of anilines is 1. The molecule has 0 unspecified atom stereocenters. The van der Waals surface area contributed by atoms with E-state index >= 15 is 0 Å². The number of fused-ring (bicyclic) bond motifs is 1. The number of alkyl halides is 6. The maximum Gasteiger partial charge on any atom is 0.490 e. The van der Waals surface area contributed by atoms with Gasteiger partial charge in [0.2, 0.25) is 0 Å². The van der Waals surface area contributed by atoms with Crippen LogP contribution in [0, 0.1) is 0 Å². The van der Waals surface area contributed by atoms with Crippen LogP contribution in [-0.4, -0.2) is 80.1 Å². The first-order chi connectivity index (χ1) is 17.7. The number of carbonyl (C=O) groups is 3. The number of thiazole rings is 1. The second kappa shape index (κ2) is 13.5. The van der Waals surface area contributed by atoms with Crippen molar-refractivity contribution >= 4 is 34.9 Å². The lowest BCUT2D eigenvalue weighted by molar-refractivity contribution is -0.193. The number of amides is 1. The number of hydrogen-bond acceptors (Lipinski definition) is 8. The highest BCUT2D eigenvalue weighted by molar-refractivity contribution is 7.09. The Morgan fingerprint density at radius 2 is 1.68 bits per heavy atom. The number of carbonyl (C=O) groups excluding carboxylic acids is 1. The topological polar surface area (TPSA) is 142 Å². The highest BCUT2D eigenvalue weighted by atomic mass is 32.1. The summed E-state index contributed by atoms with van der Waals surface area (Å²) in [5, 5.41) is 20.3. The molecule has 3 atom stereocenters. The summed E-state index contributed by atoms with van der Waals surface area (Å²) in [4.78, 5) is 41.0. The molecule has 2 saturated heterocycles. The van der Waals surface area contributed by atoms with Crippen molar-refractivity contribution in [3.05, 3.63) is 41.1 Å². The van der Waals surface area contributed by atoms with Gasteiger partial charge >= 0.3 is 24.3 Å². The van der Waals surface area contributed by atoms with Crippen LogP contribution in [-0.2, 0) is 25.7 Å². The summed E-state index contributed by atoms with van der Waals surface area (Å²) in [5.74, 6) is -5.58. The number of hydrogen-bond donors (Lipinski definition) is 3. The molecule has 0 spiro atoms. The molecule has 38 heavy (non-hydrogen) atoms. The molecule has 0 aromatic carbocycles. The predicted molar refractivity (Wildman–Crippen MR) is 119 cm³/mol. The van der Waals surface area contributed by atoms with Crippen LogP contribution in [0.4, 0.5) is 32.0 Å². The third-order valence-corrected chi connectivity index (χ3v) is 5.96. The average Bonchev–Trinajstić information content (AvgIpc) is 3.49. The number of nitrogens with zero attached hydrogens (tertiary/aromatic N) is 3. The molecular formula is C21H22F6N4O6S. The lowest BCUT2D eigenvalue weighted by Gasteiger charge is -2.35. The van der Waals surface area contributed by atoms with E-state index < -0.39 is 24.3 Å². The van der Waals surface area contributed by atoms with Crippen molar-refractivity contribution in [1.82, 2.24) is 14.9 Å². The fourth-order valence-electron chi connectivity index (χ4n) is 3.57. The first-order valence-electron chi connectivity index (χ1n) is 10.8. The van der Waals surface area contributed by atoms with E-state index in [1.54, 1.807) is 29.8 Å². The zero-order chi connectivity index (χ0) is 28.5. The minimum Gasteiger partial charge on any atom is -0.475 e. The summed E-state index contributed by atoms with van der Waals surface area (Å²) >= 11 is 1.69. The van der Waals surface area contributed by atoms with E-state index in [0.29, 0.717) is 11.7 Å². The Hall–Kier alpha value is -3.31. The Balaban J connectivity index is 0.000000301. The first kappa shape index (κ1) is 30.9. The van der Waals surface area contributed by atoms with Gasteiger partial charge in [-0.15, -0.1) is 11.3 Å². The van der Waals surface area contributed by atoms with E-state index in [2.05, 4.69) is 20.2 Å². The zero-order valence-corrected chi connectivity index (χ0v) is 20.1. The maximum atomic E-state index is 12.4. The standard InChI is InChI=1S/C17H20N4O2S.2C2HF3O2/c22-17(20-12-2-1-6-18-10-12)15-4-3-13-14(23-15)5-8-21(13)11-16-19-7-9-24-16;2*3-2(4,5)1(6)7/h1-2,6-7,9-10,13-15H,3-5,8,11H2,(H,20,22);2*(H,6,7)/t13-,14-,15+;;/m1../s1. The molecule has 17 heteroatoms. The second-order valence-corrected chi connectivity index (χ2v) is 8.81. The van der Waals surface area contributed by atoms with E-state index in [1.165, 1.54) is 0 Å². The largest absolute Gasteiger partial charge is 0.490 e. The summed E-state index contributed by atoms with van der Waals surface area (Å²) in [6.45, 7) is 1.89. The Labute approximate surface area is 215 Å². The normalized spacial score (nSPS) is 21.2. The van der Waals surface area contributed by atoms with E-state index in [9.17, 15) is 31.1 Å². The molecule has 0 radical (unpaired) electrons. The van der Waals surface area contributed by atoms with E-state index in [0.717, 1.165) is 37.4 Å². The third-order valence-electron chi connectivity index (χ3n) is 5.19. The van der Waals surface area contributed by atoms with Crippen molar-refractivity contribution in [2.75, 3.05) is 11.9 Å². The van der Waals surface area contributed by atoms with Gasteiger partial charge in [0, 0.05) is 30.4 Å². The van der Waals surface area contributed by atoms with Crippen LogP contribution in [0.1, 0.15) is 24.3 Å². The number of carboxylic acids is 2. The Bertz CT molecular complexity index is 1030. The lowest BCUT2D eigenvalue weighted by atomic mass is 9.98. The number of rotatable bonds is 4. The van der Waals surface area contributed by atoms with Crippen molar-refractivity contribution in [3.8, 4) is 0 Å². The summed E-state index contributed by atoms with van der Waals surface area (Å²) in [7, 11) is 0. The molecule has 210 valence electrons. The van der Waals surface area contributed by atoms with Crippen LogP contribution < -0.4 is 5.32 Å². The van der Waals surface area contributed by atoms with Gasteiger partial charge in [-0.3, -0.25) is 14.7 Å². The van der Waals surface area contributed by atoms with Crippen LogP contribution in [0.15, 0.2) is 36.1 Å². The molecule has 0 bridgehead atoms. The van der Waals surface area contributed by atoms with Gasteiger partial charge in [-0.2, -0.15) is 26.3 Å². The summed E-state index contributed by atoms with van der Waals surface area (Å²) in [6, 6.07) is 4.04. The Morgan fingerprint density at radius 3 is 2.18 bits per heavy atom. The smallest absolute Gasteiger partial charge is 0.475 e. The lowest BCUT2D eigenvalue weighted by Crippen LogP contribution is -2.46. The van der Waals surface area contributed by atoms with Crippen molar-refractivity contribution in [2.45, 2.75) is 56.4 Å². The minimum atomic E-state index is -5.08. The van der Waals surface area contributed by atoms with Crippen molar-refractivity contribution in [2.24, 2.45) is 0 Å². The molecule has 3 N–H and O–H groups in total. The fraction of sp³-hybridized carbons (Fsp3) is 0.476. The number of aliphatic carboxylic acids is 2. The molecule has 0 saturated carbocycles. The van der Waals surface area contributed by atoms with Crippen LogP contribution in [0.2, 0.25) is 0 Å². The van der Waals surface area contributed by atoms with Gasteiger partial charge in [-0.25, -0.2) is 14.6 Å². The maximum absolute atomic E-state index is 12.4. The summed E-state index contributed by atoms with van der Waals surface area (Å²) < 4.78 is 69.6. The molecule has 2 aromatic heterocycles. The highest BCUT2D eigenvalue weighted by Crippen LogP contribution is 2.33. The van der Waals surface area contributed by atoms with Gasteiger partial charge < -0.3 is 20.3 Å². The molecule has 4 rings (SSSR count). The van der Waals surface area contributed by atoms with E-state index in [1.807, 2.05) is 17.6 Å². The molecule has 1 amide bonds. The number of halogens is 6. The minimum absolute atomic E-state index is 0.0696. The van der Waals surface area contributed by atoms with Gasteiger partial charge in [0.15, 0.2) is 0 Å². The fourth-order valence-corrected chi connectivity index (χ4v) is 4.21. The molecule has 2 aliphatic rings. The Kier molecular flexibility index (Phi) is 11.0. The van der Waals surface area contributed by atoms with Gasteiger partial charge in [0.1, 0.15) is 11.1 Å². The molecule has 2 aliphatic heterocycles. The van der Waals surface area contributed by atoms with Gasteiger partial charge in [-0.1, -0.05) is 0 Å². The number of carboxylic acid groups (broad SMARTS) is 2. The number of ether oxygens (including phenoxy) is 1. The number of likely N-dealkylation sites (tertiary alicyclic amines) is 1. The average molecular weight is 572 g/mol. The SMILES string of the molecule is O=C(Nc1cccnc1)[C@@H]1CC[C@@H]2[C@@H](CCN2Cc2nccs2)O1.O=C(O)C(F)(F)F.O=C(O)C(F)(F)F. The summed E-state index contributed by atoms with van der Waals surface area (Å²) in [6.07, 6.45) is -2.49. The summed E-state index contributed by atoms with van der Waals surface area (Å²) in [5.41, 5.74) is 0.713. The number of pyridine rings is 1. The van der Waals surface area contributed by atoms with Crippen LogP contribution in [0.3, 0.4) is 0 Å². The van der Waals surface area contributed by atoms with Crippen molar-refractivity contribution in [1.29, 1.82) is 0 Å². The molecule has 10 nitrogen and oxygen atoms in total. The van der Waals surface area contributed by atoms with Gasteiger partial charge in [0.25, 0.3) is 5.91 Å². The highest BCUT2D eigenvalue weighted by Gasteiger charge is 2.42.